The van der Waals surface area contributed by atoms with Crippen molar-refractivity contribution < 1.29 is 4.79 Å². The van der Waals surface area contributed by atoms with Gasteiger partial charge in [-0.05, 0) is 19.4 Å². The lowest BCUT2D eigenvalue weighted by molar-refractivity contribution is -0.142. The molecule has 0 unspecified atom stereocenters. The van der Waals surface area contributed by atoms with E-state index in [9.17, 15) is 4.79 Å². The molecule has 22 heavy (non-hydrogen) atoms. The molecule has 0 spiro atoms. The molecule has 1 saturated heterocycles. The summed E-state index contributed by atoms with van der Waals surface area (Å²) in [4.78, 5) is 24.1. The summed E-state index contributed by atoms with van der Waals surface area (Å²) in [6.07, 6.45) is 3.56. The van der Waals surface area contributed by atoms with Gasteiger partial charge < -0.3 is 9.88 Å². The van der Waals surface area contributed by atoms with Gasteiger partial charge in [0.15, 0.2) is 0 Å². The highest BCUT2D eigenvalue weighted by Gasteiger charge is 2.31. The maximum atomic E-state index is 12.6. The van der Waals surface area contributed by atoms with Crippen molar-refractivity contribution in [1.29, 1.82) is 0 Å². The highest BCUT2D eigenvalue weighted by molar-refractivity contribution is 5.82. The van der Waals surface area contributed by atoms with Crippen LogP contribution in [0.1, 0.15) is 23.9 Å². The molecule has 1 aromatic heterocycles. The lowest BCUT2D eigenvalue weighted by Gasteiger charge is -2.38. The summed E-state index contributed by atoms with van der Waals surface area (Å²) in [7, 11) is 0. The molecule has 1 amide bonds. The number of nitrogens with one attached hydrogen (secondary N) is 1. The second kappa shape index (κ2) is 6.32. The van der Waals surface area contributed by atoms with Crippen LogP contribution in [-0.2, 0) is 17.9 Å². The lowest BCUT2D eigenvalue weighted by Crippen LogP contribution is -2.55. The summed E-state index contributed by atoms with van der Waals surface area (Å²) >= 11 is 0. The number of imidazole rings is 1. The standard InChI is InChI=1S/C17H22N4O/c1-13-3-5-15(6-4-13)11-21-10-9-20(14(2)17(21)22)12-16-18-7-8-19-16/h3-8,14H,9-12H2,1-2H3,(H,18,19)/t14-/m1/s1. The fraction of sp³-hybridized carbons (Fsp3) is 0.412. The predicted octanol–water partition coefficient (Wildman–Crippen LogP) is 1.95. The quantitative estimate of drug-likeness (QED) is 0.938. The van der Waals surface area contributed by atoms with Crippen molar-refractivity contribution in [3.63, 3.8) is 0 Å². The minimum absolute atomic E-state index is 0.107. The van der Waals surface area contributed by atoms with Crippen LogP contribution in [0.5, 0.6) is 0 Å². The molecule has 0 saturated carbocycles. The van der Waals surface area contributed by atoms with Gasteiger partial charge in [-0.1, -0.05) is 29.8 Å². The molecule has 1 fully saturated rings. The molecule has 0 radical (unpaired) electrons. The molecule has 5 nitrogen and oxygen atoms in total. The second-order valence-corrected chi connectivity index (χ2v) is 5.93. The number of H-pyrrole nitrogens is 1. The summed E-state index contributed by atoms with van der Waals surface area (Å²) in [5, 5.41) is 0. The highest BCUT2D eigenvalue weighted by Crippen LogP contribution is 2.16. The Labute approximate surface area is 131 Å². The number of carbonyl (C=O) groups is 1. The first-order valence-electron chi connectivity index (χ1n) is 7.70. The molecule has 1 aromatic carbocycles. The Morgan fingerprint density at radius 3 is 2.68 bits per heavy atom. The van der Waals surface area contributed by atoms with Crippen LogP contribution in [0.4, 0.5) is 0 Å². The molecule has 5 heteroatoms. The number of aromatic amines is 1. The van der Waals surface area contributed by atoms with Gasteiger partial charge >= 0.3 is 0 Å². The van der Waals surface area contributed by atoms with E-state index >= 15 is 0 Å². The van der Waals surface area contributed by atoms with E-state index in [0.717, 1.165) is 18.9 Å². The fourth-order valence-electron chi connectivity index (χ4n) is 2.84. The average molecular weight is 298 g/mol. The molecule has 1 aliphatic heterocycles. The zero-order valence-electron chi connectivity index (χ0n) is 13.1. The number of aromatic nitrogens is 2. The topological polar surface area (TPSA) is 52.2 Å². The maximum Gasteiger partial charge on any atom is 0.239 e. The molecule has 3 rings (SSSR count). The van der Waals surface area contributed by atoms with Gasteiger partial charge in [-0.15, -0.1) is 0 Å². The van der Waals surface area contributed by atoms with Crippen LogP contribution in [0.25, 0.3) is 0 Å². The predicted molar refractivity (Wildman–Crippen MR) is 85.1 cm³/mol. The Kier molecular flexibility index (Phi) is 4.24. The zero-order chi connectivity index (χ0) is 15.5. The molecular formula is C17H22N4O. The van der Waals surface area contributed by atoms with Gasteiger partial charge in [0.25, 0.3) is 0 Å². The summed E-state index contributed by atoms with van der Waals surface area (Å²) in [6.45, 7) is 7.07. The Hall–Kier alpha value is -2.14. The van der Waals surface area contributed by atoms with Crippen molar-refractivity contribution in [2.45, 2.75) is 33.0 Å². The highest BCUT2D eigenvalue weighted by atomic mass is 16.2. The number of carbonyl (C=O) groups excluding carboxylic acids is 1. The number of nitrogens with zero attached hydrogens (tertiary/aromatic N) is 3. The van der Waals surface area contributed by atoms with E-state index < -0.39 is 0 Å². The van der Waals surface area contributed by atoms with Crippen LogP contribution >= 0.6 is 0 Å². The number of benzene rings is 1. The molecule has 2 heterocycles. The van der Waals surface area contributed by atoms with E-state index in [1.165, 1.54) is 11.1 Å². The normalized spacial score (nSPS) is 19.6. The number of hydrogen-bond donors (Lipinski definition) is 1. The molecule has 2 aromatic rings. The van der Waals surface area contributed by atoms with Crippen molar-refractivity contribution >= 4 is 5.91 Å². The third-order valence-electron chi connectivity index (χ3n) is 4.28. The maximum absolute atomic E-state index is 12.6. The number of aryl methyl sites for hydroxylation is 1. The molecule has 1 atom stereocenters. The first-order chi connectivity index (χ1) is 10.6. The van der Waals surface area contributed by atoms with E-state index in [2.05, 4.69) is 46.1 Å². The third kappa shape index (κ3) is 3.20. The van der Waals surface area contributed by atoms with Crippen LogP contribution in [0.3, 0.4) is 0 Å². The largest absolute Gasteiger partial charge is 0.348 e. The summed E-state index contributed by atoms with van der Waals surface area (Å²) in [6, 6.07) is 8.28. The first kappa shape index (κ1) is 14.8. The smallest absolute Gasteiger partial charge is 0.239 e. The van der Waals surface area contributed by atoms with Crippen molar-refractivity contribution in [3.8, 4) is 0 Å². The number of hydrogen-bond acceptors (Lipinski definition) is 3. The van der Waals surface area contributed by atoms with Crippen molar-refractivity contribution in [1.82, 2.24) is 19.8 Å². The average Bonchev–Trinajstić information content (AvgIpc) is 3.02. The van der Waals surface area contributed by atoms with Crippen molar-refractivity contribution in [2.24, 2.45) is 0 Å². The van der Waals surface area contributed by atoms with Gasteiger partial charge in [0.1, 0.15) is 5.82 Å². The van der Waals surface area contributed by atoms with E-state index in [0.29, 0.717) is 13.1 Å². The summed E-state index contributed by atoms with van der Waals surface area (Å²) < 4.78 is 0. The molecule has 116 valence electrons. The van der Waals surface area contributed by atoms with Gasteiger partial charge in [-0.25, -0.2) is 4.98 Å². The van der Waals surface area contributed by atoms with Gasteiger partial charge in [0, 0.05) is 32.0 Å². The summed E-state index contributed by atoms with van der Waals surface area (Å²) in [5.74, 6) is 1.10. The van der Waals surface area contributed by atoms with Crippen LogP contribution in [0.15, 0.2) is 36.7 Å². The van der Waals surface area contributed by atoms with Crippen LogP contribution in [-0.4, -0.2) is 44.8 Å². The SMILES string of the molecule is Cc1ccc(CN2CCN(Cc3ncc[nH]3)[C@H](C)C2=O)cc1. The Balaban J connectivity index is 1.62. The molecule has 1 aliphatic rings. The lowest BCUT2D eigenvalue weighted by atomic mass is 10.1. The molecule has 0 bridgehead atoms. The monoisotopic (exact) mass is 298 g/mol. The molecule has 0 aliphatic carbocycles. The van der Waals surface area contributed by atoms with E-state index in [4.69, 9.17) is 0 Å². The Bertz CT molecular complexity index is 621. The number of piperazine rings is 1. The zero-order valence-corrected chi connectivity index (χ0v) is 13.1. The minimum Gasteiger partial charge on any atom is -0.348 e. The fourth-order valence-corrected chi connectivity index (χ4v) is 2.84. The minimum atomic E-state index is -0.107. The first-order valence-corrected chi connectivity index (χ1v) is 7.70. The molecular weight excluding hydrogens is 276 g/mol. The van der Waals surface area contributed by atoms with Crippen molar-refractivity contribution in [3.05, 3.63) is 53.6 Å². The van der Waals surface area contributed by atoms with Crippen molar-refractivity contribution in [2.75, 3.05) is 13.1 Å². The van der Waals surface area contributed by atoms with Gasteiger partial charge in [0.05, 0.1) is 12.6 Å². The van der Waals surface area contributed by atoms with Gasteiger partial charge in [-0.3, -0.25) is 9.69 Å². The number of rotatable bonds is 4. The van der Waals surface area contributed by atoms with Crippen LogP contribution in [0, 0.1) is 6.92 Å². The van der Waals surface area contributed by atoms with Gasteiger partial charge in [-0.2, -0.15) is 0 Å². The summed E-state index contributed by atoms with van der Waals surface area (Å²) in [5.41, 5.74) is 2.43. The Morgan fingerprint density at radius 1 is 1.23 bits per heavy atom. The van der Waals surface area contributed by atoms with Gasteiger partial charge in [0.2, 0.25) is 5.91 Å². The van der Waals surface area contributed by atoms with E-state index in [1.54, 1.807) is 6.20 Å². The Morgan fingerprint density at radius 2 is 2.00 bits per heavy atom. The van der Waals surface area contributed by atoms with E-state index in [-0.39, 0.29) is 11.9 Å². The van der Waals surface area contributed by atoms with Crippen LogP contribution < -0.4 is 0 Å². The number of amides is 1. The van der Waals surface area contributed by atoms with Crippen LogP contribution in [0.2, 0.25) is 0 Å². The van der Waals surface area contributed by atoms with E-state index in [1.807, 2.05) is 18.0 Å². The third-order valence-corrected chi connectivity index (χ3v) is 4.28. The molecule has 1 N–H and O–H groups in total. The second-order valence-electron chi connectivity index (χ2n) is 5.93.